The number of halogens is 1. The minimum absolute atomic E-state index is 0.410. The summed E-state index contributed by atoms with van der Waals surface area (Å²) in [5.74, 6) is 1.22. The number of nitrogens with zero attached hydrogens (tertiary/aromatic N) is 3. The van der Waals surface area contributed by atoms with Crippen LogP contribution in [0.2, 0.25) is 0 Å². The Morgan fingerprint density at radius 1 is 1.67 bits per heavy atom. The maximum Gasteiger partial charge on any atom is 0.141 e. The second kappa shape index (κ2) is 5.11. The van der Waals surface area contributed by atoms with Gasteiger partial charge < -0.3 is 4.74 Å². The molecule has 0 aliphatic rings. The summed E-state index contributed by atoms with van der Waals surface area (Å²) in [5.41, 5.74) is 0. The maximum absolute atomic E-state index is 5.63. The second-order valence-electron chi connectivity index (χ2n) is 2.38. The van der Waals surface area contributed by atoms with Crippen LogP contribution in [0.3, 0.4) is 0 Å². The Balaban J connectivity index is 2.39. The first-order valence-electron chi connectivity index (χ1n) is 3.80. The van der Waals surface area contributed by atoms with E-state index in [1.54, 1.807) is 11.8 Å². The van der Waals surface area contributed by atoms with Crippen molar-refractivity contribution in [3.05, 3.63) is 12.2 Å². The predicted octanol–water partition coefficient (Wildman–Crippen LogP) is 1.05. The molecule has 0 unspecified atom stereocenters. The fourth-order valence-electron chi connectivity index (χ4n) is 0.937. The van der Waals surface area contributed by atoms with Gasteiger partial charge in [0.15, 0.2) is 0 Å². The monoisotopic (exact) mass is 189 g/mol. The predicted molar refractivity (Wildman–Crippen MR) is 46.1 cm³/mol. The fourth-order valence-corrected chi connectivity index (χ4v) is 1.14. The van der Waals surface area contributed by atoms with E-state index in [9.17, 15) is 0 Å². The van der Waals surface area contributed by atoms with Gasteiger partial charge in [-0.05, 0) is 6.42 Å². The summed E-state index contributed by atoms with van der Waals surface area (Å²) in [4.78, 5) is 3.99. The molecule has 68 valence electrons. The molecule has 1 rings (SSSR count). The Morgan fingerprint density at radius 3 is 3.17 bits per heavy atom. The molecule has 1 heterocycles. The van der Waals surface area contributed by atoms with E-state index in [-0.39, 0.29) is 0 Å². The molecule has 0 aromatic carbocycles. The van der Waals surface area contributed by atoms with E-state index in [1.807, 2.05) is 0 Å². The molecule has 12 heavy (non-hydrogen) atoms. The van der Waals surface area contributed by atoms with Gasteiger partial charge in [0.05, 0.1) is 5.88 Å². The molecule has 0 aliphatic heterocycles. The van der Waals surface area contributed by atoms with Gasteiger partial charge in [-0.25, -0.2) is 9.67 Å². The van der Waals surface area contributed by atoms with Crippen LogP contribution in [-0.2, 0) is 17.2 Å². The van der Waals surface area contributed by atoms with Crippen LogP contribution >= 0.6 is 11.6 Å². The smallest absolute Gasteiger partial charge is 0.141 e. The second-order valence-corrected chi connectivity index (χ2v) is 2.65. The summed E-state index contributed by atoms with van der Waals surface area (Å²) in [5, 5.41) is 4.02. The largest absolute Gasteiger partial charge is 0.385 e. The molecule has 1 aromatic rings. The molecular formula is C7H12ClN3O. The third kappa shape index (κ3) is 2.46. The molecule has 0 spiro atoms. The lowest BCUT2D eigenvalue weighted by atomic mass is 10.4. The SMILES string of the molecule is COCCCn1ncnc1CCl. The molecule has 0 saturated heterocycles. The first-order chi connectivity index (χ1) is 5.88. The summed E-state index contributed by atoms with van der Waals surface area (Å²) in [6, 6.07) is 0. The number of aromatic nitrogens is 3. The van der Waals surface area contributed by atoms with Crippen LogP contribution in [0.4, 0.5) is 0 Å². The van der Waals surface area contributed by atoms with Crippen molar-refractivity contribution < 1.29 is 4.74 Å². The molecule has 0 aliphatic carbocycles. The van der Waals surface area contributed by atoms with E-state index in [4.69, 9.17) is 16.3 Å². The van der Waals surface area contributed by atoms with Crippen molar-refractivity contribution in [3.63, 3.8) is 0 Å². The van der Waals surface area contributed by atoms with Gasteiger partial charge in [-0.2, -0.15) is 5.10 Å². The lowest BCUT2D eigenvalue weighted by Gasteiger charge is -2.02. The lowest BCUT2D eigenvalue weighted by molar-refractivity contribution is 0.188. The topological polar surface area (TPSA) is 39.9 Å². The first kappa shape index (κ1) is 9.48. The quantitative estimate of drug-likeness (QED) is 0.514. The summed E-state index contributed by atoms with van der Waals surface area (Å²) in [6.45, 7) is 1.55. The van der Waals surface area contributed by atoms with Gasteiger partial charge in [0.2, 0.25) is 0 Å². The number of ether oxygens (including phenoxy) is 1. The Bertz CT molecular complexity index is 226. The van der Waals surface area contributed by atoms with Crippen LogP contribution in [0.5, 0.6) is 0 Å². The molecule has 0 N–H and O–H groups in total. The molecule has 0 radical (unpaired) electrons. The van der Waals surface area contributed by atoms with Gasteiger partial charge in [-0.15, -0.1) is 11.6 Å². The average Bonchev–Trinajstić information content (AvgIpc) is 2.52. The van der Waals surface area contributed by atoms with E-state index < -0.39 is 0 Å². The molecule has 0 atom stereocenters. The highest BCUT2D eigenvalue weighted by Gasteiger charge is 2.00. The number of rotatable bonds is 5. The molecule has 1 aromatic heterocycles. The zero-order valence-electron chi connectivity index (χ0n) is 7.03. The standard InChI is InChI=1S/C7H12ClN3O/c1-12-4-2-3-11-7(5-8)9-6-10-11/h6H,2-5H2,1H3. The summed E-state index contributed by atoms with van der Waals surface area (Å²) < 4.78 is 6.72. The van der Waals surface area contributed by atoms with E-state index >= 15 is 0 Å². The molecule has 0 amide bonds. The van der Waals surface area contributed by atoms with Crippen LogP contribution in [0.15, 0.2) is 6.33 Å². The van der Waals surface area contributed by atoms with Crippen molar-refractivity contribution in [1.82, 2.24) is 14.8 Å². The zero-order valence-corrected chi connectivity index (χ0v) is 7.79. The van der Waals surface area contributed by atoms with Gasteiger partial charge in [-0.3, -0.25) is 0 Å². The Labute approximate surface area is 76.5 Å². The number of alkyl halides is 1. The molecule has 0 fully saturated rings. The van der Waals surface area contributed by atoms with Crippen LogP contribution in [-0.4, -0.2) is 28.5 Å². The highest BCUT2D eigenvalue weighted by molar-refractivity contribution is 6.16. The third-order valence-electron chi connectivity index (χ3n) is 1.53. The maximum atomic E-state index is 5.63. The average molecular weight is 190 g/mol. The molecule has 0 bridgehead atoms. The lowest BCUT2D eigenvalue weighted by Crippen LogP contribution is -2.06. The summed E-state index contributed by atoms with van der Waals surface area (Å²) in [7, 11) is 1.68. The van der Waals surface area contributed by atoms with Crippen LogP contribution < -0.4 is 0 Å². The van der Waals surface area contributed by atoms with E-state index in [0.29, 0.717) is 5.88 Å². The first-order valence-corrected chi connectivity index (χ1v) is 4.33. The van der Waals surface area contributed by atoms with Gasteiger partial charge >= 0.3 is 0 Å². The number of hydrogen-bond acceptors (Lipinski definition) is 3. The molecule has 4 nitrogen and oxygen atoms in total. The van der Waals surface area contributed by atoms with Crippen LogP contribution in [0.1, 0.15) is 12.2 Å². The Kier molecular flexibility index (Phi) is 4.04. The summed E-state index contributed by atoms with van der Waals surface area (Å²) in [6.07, 6.45) is 2.45. The number of methoxy groups -OCH3 is 1. The van der Waals surface area contributed by atoms with Gasteiger partial charge in [0.25, 0.3) is 0 Å². The van der Waals surface area contributed by atoms with Gasteiger partial charge in [-0.1, -0.05) is 0 Å². The Hall–Kier alpha value is -0.610. The van der Waals surface area contributed by atoms with Crippen molar-refractivity contribution in [3.8, 4) is 0 Å². The third-order valence-corrected chi connectivity index (χ3v) is 1.77. The highest BCUT2D eigenvalue weighted by atomic mass is 35.5. The minimum atomic E-state index is 0.410. The molecule has 0 saturated carbocycles. The van der Waals surface area contributed by atoms with Crippen molar-refractivity contribution in [2.24, 2.45) is 0 Å². The number of aryl methyl sites for hydroxylation is 1. The van der Waals surface area contributed by atoms with E-state index in [2.05, 4.69) is 10.1 Å². The van der Waals surface area contributed by atoms with E-state index in [0.717, 1.165) is 25.4 Å². The van der Waals surface area contributed by atoms with E-state index in [1.165, 1.54) is 6.33 Å². The van der Waals surface area contributed by atoms with Crippen molar-refractivity contribution in [1.29, 1.82) is 0 Å². The normalized spacial score (nSPS) is 10.5. The molecule has 5 heteroatoms. The van der Waals surface area contributed by atoms with Crippen LogP contribution in [0, 0.1) is 0 Å². The Morgan fingerprint density at radius 2 is 2.50 bits per heavy atom. The minimum Gasteiger partial charge on any atom is -0.385 e. The van der Waals surface area contributed by atoms with Crippen molar-refractivity contribution in [2.45, 2.75) is 18.8 Å². The highest BCUT2D eigenvalue weighted by Crippen LogP contribution is 1.99. The van der Waals surface area contributed by atoms with Crippen molar-refractivity contribution in [2.75, 3.05) is 13.7 Å². The van der Waals surface area contributed by atoms with Gasteiger partial charge in [0, 0.05) is 20.3 Å². The van der Waals surface area contributed by atoms with Gasteiger partial charge in [0.1, 0.15) is 12.2 Å². The molecular weight excluding hydrogens is 178 g/mol. The van der Waals surface area contributed by atoms with Crippen molar-refractivity contribution >= 4 is 11.6 Å². The van der Waals surface area contributed by atoms with Crippen LogP contribution in [0.25, 0.3) is 0 Å². The number of hydrogen-bond donors (Lipinski definition) is 0. The summed E-state index contributed by atoms with van der Waals surface area (Å²) >= 11 is 5.63. The zero-order chi connectivity index (χ0) is 8.81. The fraction of sp³-hybridized carbons (Fsp3) is 0.714.